The number of aromatic nitrogens is 10. The average molecular weight is 1270 g/mol. The van der Waals surface area contributed by atoms with Crippen LogP contribution in [0.2, 0.25) is 15.7 Å². The molecule has 25 heteroatoms. The quantitative estimate of drug-likeness (QED) is 0.0463. The minimum absolute atomic E-state index is 0.137. The summed E-state index contributed by atoms with van der Waals surface area (Å²) in [4.78, 5) is 39.6. The van der Waals surface area contributed by atoms with E-state index in [0.29, 0.717) is 57.9 Å². The molecule has 0 saturated carbocycles. The van der Waals surface area contributed by atoms with Crippen LogP contribution in [-0.4, -0.2) is 150 Å². The summed E-state index contributed by atoms with van der Waals surface area (Å²) >= 11 is 17.6. The number of methoxy groups -OCH3 is 4. The number of aryl methyl sites for hydroxylation is 4. The lowest BCUT2D eigenvalue weighted by molar-refractivity contribution is 0.255. The normalized spacial score (nSPS) is 18.2. The van der Waals surface area contributed by atoms with Crippen LogP contribution in [0, 0.1) is 13.8 Å². The topological polar surface area (TPSA) is 267 Å². The molecule has 88 heavy (non-hydrogen) atoms. The Morgan fingerprint density at radius 3 is 1.62 bits per heavy atom. The third kappa shape index (κ3) is 16.1. The van der Waals surface area contributed by atoms with Crippen molar-refractivity contribution in [1.29, 1.82) is 0 Å². The highest BCUT2D eigenvalue weighted by Gasteiger charge is 2.32. The minimum Gasteiger partial charge on any atom is -0.496 e. The van der Waals surface area contributed by atoms with Gasteiger partial charge in [-0.05, 0) is 176 Å². The molecule has 7 N–H and O–H groups in total. The van der Waals surface area contributed by atoms with Crippen molar-refractivity contribution in [2.45, 2.75) is 148 Å². The SMILES string of the molecule is COc1cc(-n2cnc(N)c2)cc(OC)c1OC.COc1cc(-n2cnc(Nc3nc4c(c(N5CCC[C@H]5CO)n3)CCCC4)c2)cc(C)c1C.Clc1nc(Cl)c2c(n1)CCCC2.OC[C@@H]1CCCN1.OC[C@@H]1CCCN1c1nc(Cl)nc2c1CCCC2. The molecular formula is C63H84Cl3N15O7. The first kappa shape index (κ1) is 65.7. The zero-order valence-corrected chi connectivity index (χ0v) is 53.6. The van der Waals surface area contributed by atoms with Crippen molar-refractivity contribution in [3.05, 3.63) is 110 Å². The van der Waals surface area contributed by atoms with Crippen LogP contribution in [0.3, 0.4) is 0 Å². The largest absolute Gasteiger partial charge is 0.496 e. The van der Waals surface area contributed by atoms with E-state index in [1.165, 1.54) is 48.8 Å². The Morgan fingerprint density at radius 1 is 0.568 bits per heavy atom. The molecule has 8 heterocycles. The van der Waals surface area contributed by atoms with E-state index in [2.05, 4.69) is 70.3 Å². The summed E-state index contributed by atoms with van der Waals surface area (Å²) in [5, 5.41) is 35.4. The second-order valence-electron chi connectivity index (χ2n) is 22.7. The van der Waals surface area contributed by atoms with Gasteiger partial charge in [-0.25, -0.2) is 34.9 Å². The molecule has 22 nitrogen and oxygen atoms in total. The Hall–Kier alpha value is -6.79. The molecule has 6 aliphatic rings. The van der Waals surface area contributed by atoms with E-state index in [-0.39, 0.29) is 30.6 Å². The first-order valence-electron chi connectivity index (χ1n) is 30.6. The van der Waals surface area contributed by atoms with Crippen molar-refractivity contribution in [2.24, 2.45) is 0 Å². The summed E-state index contributed by atoms with van der Waals surface area (Å²) in [6.07, 6.45) is 26.7. The fourth-order valence-electron chi connectivity index (χ4n) is 12.2. The molecule has 0 amide bonds. The van der Waals surface area contributed by atoms with Gasteiger partial charge in [0.2, 0.25) is 22.3 Å². The maximum absolute atomic E-state index is 9.87. The maximum Gasteiger partial charge on any atom is 0.230 e. The van der Waals surface area contributed by atoms with Crippen LogP contribution in [0.5, 0.6) is 23.0 Å². The van der Waals surface area contributed by atoms with E-state index in [0.717, 1.165) is 160 Å². The van der Waals surface area contributed by atoms with Crippen molar-refractivity contribution in [3.63, 3.8) is 0 Å². The first-order valence-corrected chi connectivity index (χ1v) is 31.7. The van der Waals surface area contributed by atoms with Crippen LogP contribution in [0.25, 0.3) is 11.4 Å². The number of ether oxygens (including phenoxy) is 4. The standard InChI is InChI=1S/C25H32N6O2.C13H18ClN3O.C12H15N3O3.C8H8Cl2N2.C5H11NO/c1-16-11-19(12-22(33-3)17(16)2)30-13-23(26-15-30)28-25-27-21-9-5-4-8-20(21)24(29-25)31-10-6-7-18(31)14-32;14-13-15-11-6-2-1-5-10(11)12(16-13)17-7-3-4-9(17)8-18;1-16-9-4-8(15-6-11(13)14-7-15)5-10(17-2)12(9)18-3;9-7-5-3-1-2-4-6(5)11-8(10)12-7;7-4-5-2-1-3-6-5/h11-13,15,18,32H,4-10,14H2,1-3H3,(H,27,28,29);9,18H,1-8H2;4-7H,13H2,1-3H3;1-4H2;5-7H,1-4H2/t18-;9-;;;5-/m00..0/s1. The van der Waals surface area contributed by atoms with Gasteiger partial charge in [0.15, 0.2) is 17.3 Å². The number of fused-ring (bicyclic) bond motifs is 3. The molecule has 3 atom stereocenters. The number of hydrogen-bond donors (Lipinski definition) is 6. The van der Waals surface area contributed by atoms with Gasteiger partial charge in [-0.1, -0.05) is 11.6 Å². The van der Waals surface area contributed by atoms with Gasteiger partial charge >= 0.3 is 0 Å². The molecule has 3 fully saturated rings. The number of nitrogens with two attached hydrogens (primary N) is 1. The van der Waals surface area contributed by atoms with E-state index in [1.807, 2.05) is 29.0 Å². The smallest absolute Gasteiger partial charge is 0.230 e. The number of imidazole rings is 2. The number of aliphatic hydroxyl groups excluding tert-OH is 3. The van der Waals surface area contributed by atoms with Crippen LogP contribution < -0.4 is 45.1 Å². The van der Waals surface area contributed by atoms with Crippen LogP contribution in [0.15, 0.2) is 49.3 Å². The lowest BCUT2D eigenvalue weighted by Gasteiger charge is -2.29. The van der Waals surface area contributed by atoms with E-state index in [4.69, 9.17) is 74.6 Å². The fraction of sp³-hybridized carbons (Fsp3) is 0.524. The molecule has 3 aliphatic carbocycles. The summed E-state index contributed by atoms with van der Waals surface area (Å²) in [7, 11) is 6.40. The van der Waals surface area contributed by atoms with Crippen LogP contribution in [0.1, 0.15) is 122 Å². The van der Waals surface area contributed by atoms with Crippen molar-refractivity contribution in [3.8, 4) is 34.4 Å². The summed E-state index contributed by atoms with van der Waals surface area (Å²) in [6, 6.07) is 8.52. The highest BCUT2D eigenvalue weighted by Crippen LogP contribution is 2.40. The number of hydrogen-bond acceptors (Lipinski definition) is 20. The number of rotatable bonds is 13. The van der Waals surface area contributed by atoms with Gasteiger partial charge in [0.1, 0.15) is 41.0 Å². The molecular weight excluding hydrogens is 1190 g/mol. The Morgan fingerprint density at radius 2 is 1.09 bits per heavy atom. The summed E-state index contributed by atoms with van der Waals surface area (Å²) in [6.45, 7) is 7.78. The second-order valence-corrected chi connectivity index (χ2v) is 23.7. The van der Waals surface area contributed by atoms with Gasteiger partial charge in [-0.15, -0.1) is 0 Å². The van der Waals surface area contributed by atoms with E-state index < -0.39 is 0 Å². The second kappa shape index (κ2) is 31.6. The molecule has 0 radical (unpaired) electrons. The summed E-state index contributed by atoms with van der Waals surface area (Å²) in [5.41, 5.74) is 16.6. The molecule has 0 bridgehead atoms. The number of halogens is 3. The number of aliphatic hydroxyl groups is 3. The fourth-order valence-corrected chi connectivity index (χ4v) is 12.9. The molecule has 2 aromatic carbocycles. The monoisotopic (exact) mass is 1270 g/mol. The Balaban J connectivity index is 0.000000143. The van der Waals surface area contributed by atoms with Crippen molar-refractivity contribution in [1.82, 2.24) is 54.3 Å². The van der Waals surface area contributed by atoms with Crippen molar-refractivity contribution >= 4 is 64.0 Å². The molecule has 474 valence electrons. The van der Waals surface area contributed by atoms with Gasteiger partial charge in [0, 0.05) is 54.0 Å². The molecule has 7 aromatic rings. The highest BCUT2D eigenvalue weighted by molar-refractivity contribution is 6.32. The lowest BCUT2D eigenvalue weighted by Crippen LogP contribution is -2.34. The molecule has 3 aliphatic heterocycles. The zero-order valence-electron chi connectivity index (χ0n) is 51.4. The molecule has 3 saturated heterocycles. The number of anilines is 5. The molecule has 0 unspecified atom stereocenters. The maximum atomic E-state index is 9.87. The highest BCUT2D eigenvalue weighted by atomic mass is 35.5. The van der Waals surface area contributed by atoms with Crippen LogP contribution in [0.4, 0.5) is 29.2 Å². The average Bonchev–Trinajstić information content (AvgIpc) is 2.42. The summed E-state index contributed by atoms with van der Waals surface area (Å²) < 4.78 is 25.1. The molecule has 0 spiro atoms. The van der Waals surface area contributed by atoms with Gasteiger partial charge in [0.25, 0.3) is 0 Å². The Kier molecular flexibility index (Phi) is 23.6. The third-order valence-corrected chi connectivity index (χ3v) is 17.6. The zero-order chi connectivity index (χ0) is 62.3. The number of nitrogen functional groups attached to an aromatic ring is 1. The molecule has 13 rings (SSSR count). The number of nitrogens with zero attached hydrogens (tertiary/aromatic N) is 12. The van der Waals surface area contributed by atoms with E-state index >= 15 is 0 Å². The van der Waals surface area contributed by atoms with Gasteiger partial charge in [-0.3, -0.25) is 0 Å². The molecule has 5 aromatic heterocycles. The van der Waals surface area contributed by atoms with E-state index in [9.17, 15) is 10.2 Å². The lowest BCUT2D eigenvalue weighted by atomic mass is 9.96. The minimum atomic E-state index is 0.137. The first-order chi connectivity index (χ1) is 42.8. The van der Waals surface area contributed by atoms with Crippen molar-refractivity contribution < 1.29 is 34.3 Å². The summed E-state index contributed by atoms with van der Waals surface area (Å²) in [5.74, 6) is 6.24. The number of nitrogens with one attached hydrogen (secondary N) is 2. The van der Waals surface area contributed by atoms with Gasteiger partial charge in [-0.2, -0.15) is 4.98 Å². The van der Waals surface area contributed by atoms with Crippen molar-refractivity contribution in [2.75, 3.05) is 88.7 Å². The Labute approximate surface area is 530 Å². The third-order valence-electron chi connectivity index (χ3n) is 17.0. The predicted octanol–water partition coefficient (Wildman–Crippen LogP) is 9.71. The van der Waals surface area contributed by atoms with Gasteiger partial charge < -0.3 is 69.6 Å². The van der Waals surface area contributed by atoms with Crippen LogP contribution >= 0.6 is 34.8 Å². The Bertz CT molecular complexity index is 3410. The number of benzene rings is 2. The van der Waals surface area contributed by atoms with Crippen LogP contribution in [-0.2, 0) is 38.5 Å². The predicted molar refractivity (Wildman–Crippen MR) is 345 cm³/mol. The van der Waals surface area contributed by atoms with E-state index in [1.54, 1.807) is 51.9 Å². The van der Waals surface area contributed by atoms with Gasteiger partial charge in [0.05, 0.1) is 101 Å².